The number of allylic oxidation sites excluding steroid dienone is 2. The average molecular weight is 312 g/mol. The van der Waals surface area contributed by atoms with Gasteiger partial charge in [0.15, 0.2) is 0 Å². The van der Waals surface area contributed by atoms with Crippen LogP contribution in [-0.2, 0) is 11.3 Å². The first-order valence-electron chi connectivity index (χ1n) is 8.97. The lowest BCUT2D eigenvalue weighted by Crippen LogP contribution is -2.29. The minimum absolute atomic E-state index is 0.252. The minimum Gasteiger partial charge on any atom is -0.372 e. The van der Waals surface area contributed by atoms with Crippen molar-refractivity contribution in [3.8, 4) is 0 Å². The van der Waals surface area contributed by atoms with Gasteiger partial charge in [-0.25, -0.2) is 0 Å². The van der Waals surface area contributed by atoms with Crippen LogP contribution in [0.3, 0.4) is 0 Å². The summed E-state index contributed by atoms with van der Waals surface area (Å²) in [6.07, 6.45) is 11.2. The second-order valence-corrected chi connectivity index (χ2v) is 6.93. The number of amides is 1. The second kappa shape index (κ2) is 7.67. The highest BCUT2D eigenvalue weighted by Gasteiger charge is 2.17. The van der Waals surface area contributed by atoms with E-state index in [1.54, 1.807) is 0 Å². The number of carbonyl (C=O) groups is 1. The van der Waals surface area contributed by atoms with Crippen molar-refractivity contribution in [2.24, 2.45) is 5.92 Å². The van der Waals surface area contributed by atoms with E-state index < -0.39 is 0 Å². The fourth-order valence-corrected chi connectivity index (χ4v) is 3.57. The summed E-state index contributed by atoms with van der Waals surface area (Å²) in [6, 6.07) is 8.75. The number of anilines is 1. The summed E-state index contributed by atoms with van der Waals surface area (Å²) < 4.78 is 0. The predicted octanol–water partition coefficient (Wildman–Crippen LogP) is 3.99. The Bertz CT molecular complexity index is 543. The Labute approximate surface area is 140 Å². The van der Waals surface area contributed by atoms with Crippen molar-refractivity contribution < 1.29 is 4.79 Å². The Morgan fingerprint density at radius 2 is 1.91 bits per heavy atom. The maximum atomic E-state index is 12.3. The molecule has 23 heavy (non-hydrogen) atoms. The molecule has 0 radical (unpaired) electrons. The maximum Gasteiger partial charge on any atom is 0.223 e. The zero-order chi connectivity index (χ0) is 16.1. The van der Waals surface area contributed by atoms with Crippen molar-refractivity contribution in [2.75, 3.05) is 25.0 Å². The van der Waals surface area contributed by atoms with Gasteiger partial charge in [-0.15, -0.1) is 0 Å². The molecule has 0 N–H and O–H groups in total. The van der Waals surface area contributed by atoms with E-state index in [-0.39, 0.29) is 5.91 Å². The fourth-order valence-electron chi connectivity index (χ4n) is 3.57. The van der Waals surface area contributed by atoms with Crippen LogP contribution in [0.2, 0.25) is 0 Å². The standard InChI is InChI=1S/C20H28N2O/c1-21(20(23)15-17-7-3-4-8-17)16-18-9-11-19(12-10-18)22-13-5-2-6-14-22/h3,7,9-12,17H,2,4-6,8,13-16H2,1H3/t17-/m0/s1. The third-order valence-electron chi connectivity index (χ3n) is 5.05. The van der Waals surface area contributed by atoms with Crippen molar-refractivity contribution >= 4 is 11.6 Å². The van der Waals surface area contributed by atoms with Crippen molar-refractivity contribution in [1.29, 1.82) is 0 Å². The zero-order valence-electron chi connectivity index (χ0n) is 14.2. The SMILES string of the molecule is CN(Cc1ccc(N2CCCCC2)cc1)C(=O)C[C@H]1C=CCC1. The summed E-state index contributed by atoms with van der Waals surface area (Å²) in [7, 11) is 1.92. The first kappa shape index (κ1) is 16.1. The molecule has 3 heteroatoms. The lowest BCUT2D eigenvalue weighted by Gasteiger charge is -2.29. The van der Waals surface area contributed by atoms with Crippen molar-refractivity contribution in [3.05, 3.63) is 42.0 Å². The minimum atomic E-state index is 0.252. The van der Waals surface area contributed by atoms with E-state index in [2.05, 4.69) is 41.3 Å². The number of rotatable bonds is 5. The molecule has 0 saturated carbocycles. The second-order valence-electron chi connectivity index (χ2n) is 6.93. The van der Waals surface area contributed by atoms with Gasteiger partial charge in [0, 0.05) is 38.8 Å². The van der Waals surface area contributed by atoms with E-state index in [4.69, 9.17) is 0 Å². The Balaban J connectivity index is 1.52. The summed E-state index contributed by atoms with van der Waals surface area (Å²) in [5.74, 6) is 0.702. The van der Waals surface area contributed by atoms with Gasteiger partial charge in [0.2, 0.25) is 5.91 Å². The molecule has 3 nitrogen and oxygen atoms in total. The zero-order valence-corrected chi connectivity index (χ0v) is 14.2. The number of benzene rings is 1. The molecule has 1 amide bonds. The smallest absolute Gasteiger partial charge is 0.223 e. The van der Waals surface area contributed by atoms with Crippen LogP contribution in [0.4, 0.5) is 5.69 Å². The first-order chi connectivity index (χ1) is 11.2. The number of hydrogen-bond donors (Lipinski definition) is 0. The van der Waals surface area contributed by atoms with E-state index in [1.807, 2.05) is 11.9 Å². The van der Waals surface area contributed by atoms with Crippen molar-refractivity contribution in [1.82, 2.24) is 4.90 Å². The molecule has 3 rings (SSSR count). The highest BCUT2D eigenvalue weighted by atomic mass is 16.2. The maximum absolute atomic E-state index is 12.3. The Kier molecular flexibility index (Phi) is 5.37. The Morgan fingerprint density at radius 3 is 2.57 bits per heavy atom. The third kappa shape index (κ3) is 4.37. The molecule has 1 heterocycles. The molecule has 0 unspecified atom stereocenters. The molecule has 1 aromatic rings. The summed E-state index contributed by atoms with van der Waals surface area (Å²) in [5, 5.41) is 0. The van der Waals surface area contributed by atoms with Crippen LogP contribution in [0.25, 0.3) is 0 Å². The van der Waals surface area contributed by atoms with Gasteiger partial charge in [0.05, 0.1) is 0 Å². The van der Waals surface area contributed by atoms with Crippen LogP contribution in [0.15, 0.2) is 36.4 Å². The van der Waals surface area contributed by atoms with Gasteiger partial charge in [0.1, 0.15) is 0 Å². The van der Waals surface area contributed by atoms with E-state index >= 15 is 0 Å². The lowest BCUT2D eigenvalue weighted by atomic mass is 10.0. The highest BCUT2D eigenvalue weighted by Crippen LogP contribution is 2.23. The first-order valence-corrected chi connectivity index (χ1v) is 8.97. The van der Waals surface area contributed by atoms with Gasteiger partial charge in [-0.3, -0.25) is 4.79 Å². The number of carbonyl (C=O) groups excluding carboxylic acids is 1. The predicted molar refractivity (Wildman–Crippen MR) is 95.5 cm³/mol. The molecule has 2 aliphatic rings. The summed E-state index contributed by atoms with van der Waals surface area (Å²) in [5.41, 5.74) is 2.53. The van der Waals surface area contributed by atoms with Crippen LogP contribution in [0.1, 0.15) is 44.1 Å². The lowest BCUT2D eigenvalue weighted by molar-refractivity contribution is -0.131. The van der Waals surface area contributed by atoms with Crippen molar-refractivity contribution in [3.63, 3.8) is 0 Å². The van der Waals surface area contributed by atoms with Gasteiger partial charge in [-0.2, -0.15) is 0 Å². The number of hydrogen-bond acceptors (Lipinski definition) is 2. The molecule has 1 fully saturated rings. The van der Waals surface area contributed by atoms with Gasteiger partial charge >= 0.3 is 0 Å². The number of piperidine rings is 1. The van der Waals surface area contributed by atoms with Crippen LogP contribution < -0.4 is 4.90 Å². The van der Waals surface area contributed by atoms with Crippen LogP contribution in [0.5, 0.6) is 0 Å². The van der Waals surface area contributed by atoms with Crippen LogP contribution in [-0.4, -0.2) is 30.9 Å². The summed E-state index contributed by atoms with van der Waals surface area (Å²) in [4.78, 5) is 16.6. The Morgan fingerprint density at radius 1 is 1.17 bits per heavy atom. The van der Waals surface area contributed by atoms with E-state index in [1.165, 1.54) is 43.6 Å². The molecule has 0 spiro atoms. The molecule has 1 saturated heterocycles. The van der Waals surface area contributed by atoms with E-state index in [9.17, 15) is 4.79 Å². The fraction of sp³-hybridized carbons (Fsp3) is 0.550. The molecular weight excluding hydrogens is 284 g/mol. The third-order valence-corrected chi connectivity index (χ3v) is 5.05. The molecule has 1 aliphatic heterocycles. The van der Waals surface area contributed by atoms with Crippen molar-refractivity contribution in [2.45, 2.75) is 45.1 Å². The molecule has 1 aliphatic carbocycles. The monoisotopic (exact) mass is 312 g/mol. The Hall–Kier alpha value is -1.77. The van der Waals surface area contributed by atoms with Gasteiger partial charge in [0.25, 0.3) is 0 Å². The van der Waals surface area contributed by atoms with Gasteiger partial charge < -0.3 is 9.80 Å². The largest absolute Gasteiger partial charge is 0.372 e. The molecule has 124 valence electrons. The van der Waals surface area contributed by atoms with Gasteiger partial charge in [-0.05, 0) is 55.7 Å². The molecule has 0 aromatic heterocycles. The highest BCUT2D eigenvalue weighted by molar-refractivity contribution is 5.76. The molecule has 1 aromatic carbocycles. The molecule has 1 atom stereocenters. The van der Waals surface area contributed by atoms with E-state index in [0.717, 1.165) is 12.8 Å². The normalized spacial score (nSPS) is 20.7. The van der Waals surface area contributed by atoms with Crippen LogP contribution in [0, 0.1) is 5.92 Å². The molecular formula is C20H28N2O. The van der Waals surface area contributed by atoms with Gasteiger partial charge in [-0.1, -0.05) is 24.3 Å². The topological polar surface area (TPSA) is 23.6 Å². The summed E-state index contributed by atoms with van der Waals surface area (Å²) >= 11 is 0. The van der Waals surface area contributed by atoms with E-state index in [0.29, 0.717) is 18.9 Å². The summed E-state index contributed by atoms with van der Waals surface area (Å²) in [6.45, 7) is 3.05. The number of nitrogens with zero attached hydrogens (tertiary/aromatic N) is 2. The van der Waals surface area contributed by atoms with Crippen LogP contribution >= 0.6 is 0 Å². The average Bonchev–Trinajstić information content (AvgIpc) is 3.09. The quantitative estimate of drug-likeness (QED) is 0.768. The molecule has 0 bridgehead atoms.